The minimum absolute atomic E-state index is 0.0382. The number of halogens is 1. The first-order valence-electron chi connectivity index (χ1n) is 11.5. The Morgan fingerprint density at radius 1 is 1.09 bits per heavy atom. The molecule has 0 unspecified atom stereocenters. The van der Waals surface area contributed by atoms with Crippen LogP contribution in [0.3, 0.4) is 0 Å². The number of carbonyl (C=O) groups is 2. The standard InChI is InChI=1S/C26H35ClN2O3/c1-4-6-16-28-26(31)24(5-2)29(19-21-10-7-9-20(3)18-21)25(30)11-8-17-32-23-14-12-22(27)13-15-23/h7,9-10,12-15,18,24H,4-6,8,11,16-17,19H2,1-3H3,(H,28,31)/t24-/m0/s1. The molecular formula is C26H35ClN2O3. The molecule has 2 aromatic carbocycles. The Labute approximate surface area is 197 Å². The van der Waals surface area contributed by atoms with Crippen molar-refractivity contribution >= 4 is 23.4 Å². The molecule has 0 saturated heterocycles. The third kappa shape index (κ3) is 8.54. The summed E-state index contributed by atoms with van der Waals surface area (Å²) in [4.78, 5) is 27.8. The average molecular weight is 459 g/mol. The van der Waals surface area contributed by atoms with E-state index >= 15 is 0 Å². The molecule has 2 aromatic rings. The Hall–Kier alpha value is -2.53. The van der Waals surface area contributed by atoms with Crippen molar-refractivity contribution in [2.45, 2.75) is 65.5 Å². The molecule has 0 aromatic heterocycles. The van der Waals surface area contributed by atoms with Crippen LogP contribution in [0.15, 0.2) is 48.5 Å². The fourth-order valence-corrected chi connectivity index (χ4v) is 3.65. The summed E-state index contributed by atoms with van der Waals surface area (Å²) >= 11 is 5.90. The van der Waals surface area contributed by atoms with Crippen molar-refractivity contribution in [1.82, 2.24) is 10.2 Å². The summed E-state index contributed by atoms with van der Waals surface area (Å²) in [6, 6.07) is 14.7. The fourth-order valence-electron chi connectivity index (χ4n) is 3.52. The lowest BCUT2D eigenvalue weighted by Gasteiger charge is -2.31. The number of hydrogen-bond donors (Lipinski definition) is 1. The molecule has 1 atom stereocenters. The minimum atomic E-state index is -0.489. The van der Waals surface area contributed by atoms with E-state index < -0.39 is 6.04 Å². The van der Waals surface area contributed by atoms with Crippen molar-refractivity contribution in [3.63, 3.8) is 0 Å². The van der Waals surface area contributed by atoms with Crippen LogP contribution in [0, 0.1) is 6.92 Å². The van der Waals surface area contributed by atoms with E-state index in [9.17, 15) is 9.59 Å². The summed E-state index contributed by atoms with van der Waals surface area (Å²) < 4.78 is 5.72. The van der Waals surface area contributed by atoms with Gasteiger partial charge in [0.1, 0.15) is 11.8 Å². The van der Waals surface area contributed by atoms with E-state index in [4.69, 9.17) is 16.3 Å². The van der Waals surface area contributed by atoms with E-state index in [1.54, 1.807) is 17.0 Å². The zero-order chi connectivity index (χ0) is 23.3. The van der Waals surface area contributed by atoms with Gasteiger partial charge in [0.15, 0.2) is 0 Å². The van der Waals surface area contributed by atoms with Crippen molar-refractivity contribution in [2.24, 2.45) is 0 Å². The van der Waals surface area contributed by atoms with Crippen LogP contribution in [-0.4, -0.2) is 35.9 Å². The van der Waals surface area contributed by atoms with Gasteiger partial charge >= 0.3 is 0 Å². The number of aryl methyl sites for hydroxylation is 1. The molecule has 2 amide bonds. The van der Waals surface area contributed by atoms with Gasteiger partial charge in [-0.3, -0.25) is 9.59 Å². The third-order valence-electron chi connectivity index (χ3n) is 5.27. The van der Waals surface area contributed by atoms with Crippen molar-refractivity contribution < 1.29 is 14.3 Å². The fraction of sp³-hybridized carbons (Fsp3) is 0.462. The Kier molecular flexibility index (Phi) is 11.1. The summed E-state index contributed by atoms with van der Waals surface area (Å²) in [5.74, 6) is 0.600. The van der Waals surface area contributed by atoms with Crippen LogP contribution < -0.4 is 10.1 Å². The molecule has 6 heteroatoms. The van der Waals surface area contributed by atoms with Crippen LogP contribution in [0.4, 0.5) is 0 Å². The van der Waals surface area contributed by atoms with Crippen molar-refractivity contribution in [1.29, 1.82) is 0 Å². The van der Waals surface area contributed by atoms with E-state index in [0.29, 0.717) is 44.0 Å². The highest BCUT2D eigenvalue weighted by Crippen LogP contribution is 2.17. The van der Waals surface area contributed by atoms with Crippen LogP contribution in [-0.2, 0) is 16.1 Å². The molecule has 0 saturated carbocycles. The van der Waals surface area contributed by atoms with Crippen LogP contribution in [0.1, 0.15) is 57.1 Å². The number of nitrogens with zero attached hydrogens (tertiary/aromatic N) is 1. The second-order valence-electron chi connectivity index (χ2n) is 7.99. The summed E-state index contributed by atoms with van der Waals surface area (Å²) in [5.41, 5.74) is 2.15. The molecule has 0 spiro atoms. The highest BCUT2D eigenvalue weighted by Gasteiger charge is 2.28. The van der Waals surface area contributed by atoms with Gasteiger partial charge in [-0.15, -0.1) is 0 Å². The van der Waals surface area contributed by atoms with E-state index in [2.05, 4.69) is 18.3 Å². The molecule has 0 fully saturated rings. The molecule has 1 N–H and O–H groups in total. The Balaban J connectivity index is 2.03. The number of ether oxygens (including phenoxy) is 1. The molecule has 0 aliphatic rings. The van der Waals surface area contributed by atoms with Crippen molar-refractivity contribution in [3.05, 3.63) is 64.7 Å². The van der Waals surface area contributed by atoms with E-state index in [1.807, 2.05) is 44.2 Å². The molecule has 174 valence electrons. The van der Waals surface area contributed by atoms with Gasteiger partial charge in [0, 0.05) is 24.5 Å². The summed E-state index contributed by atoms with van der Waals surface area (Å²) in [7, 11) is 0. The maximum absolute atomic E-state index is 13.2. The van der Waals surface area contributed by atoms with Gasteiger partial charge in [0.2, 0.25) is 11.8 Å². The van der Waals surface area contributed by atoms with Gasteiger partial charge in [-0.2, -0.15) is 0 Å². The highest BCUT2D eigenvalue weighted by atomic mass is 35.5. The SMILES string of the molecule is CCCCNC(=O)[C@H](CC)N(Cc1cccc(C)c1)C(=O)CCCOc1ccc(Cl)cc1. The molecule has 0 heterocycles. The van der Waals surface area contributed by atoms with Gasteiger partial charge < -0.3 is 15.0 Å². The van der Waals surface area contributed by atoms with Crippen LogP contribution in [0.25, 0.3) is 0 Å². The number of hydrogen-bond acceptors (Lipinski definition) is 3. The van der Waals surface area contributed by atoms with Gasteiger partial charge in [0.05, 0.1) is 6.61 Å². The maximum Gasteiger partial charge on any atom is 0.242 e. The molecule has 0 aliphatic heterocycles. The number of nitrogens with one attached hydrogen (secondary N) is 1. The van der Waals surface area contributed by atoms with Gasteiger partial charge in [-0.25, -0.2) is 0 Å². The predicted octanol–water partition coefficient (Wildman–Crippen LogP) is 5.53. The van der Waals surface area contributed by atoms with E-state index in [1.165, 1.54) is 0 Å². The Morgan fingerprint density at radius 3 is 2.50 bits per heavy atom. The van der Waals surface area contributed by atoms with Crippen molar-refractivity contribution in [2.75, 3.05) is 13.2 Å². The molecule has 5 nitrogen and oxygen atoms in total. The highest BCUT2D eigenvalue weighted by molar-refractivity contribution is 6.30. The molecule has 0 bridgehead atoms. The third-order valence-corrected chi connectivity index (χ3v) is 5.52. The monoisotopic (exact) mass is 458 g/mol. The molecule has 0 aliphatic carbocycles. The maximum atomic E-state index is 13.2. The number of amides is 2. The first kappa shape index (κ1) is 25.7. The van der Waals surface area contributed by atoms with Gasteiger partial charge in [0.25, 0.3) is 0 Å². The largest absolute Gasteiger partial charge is 0.494 e. The van der Waals surface area contributed by atoms with Gasteiger partial charge in [-0.1, -0.05) is 61.7 Å². The zero-order valence-corrected chi connectivity index (χ0v) is 20.2. The van der Waals surface area contributed by atoms with Gasteiger partial charge in [-0.05, 0) is 56.0 Å². The lowest BCUT2D eigenvalue weighted by Crippen LogP contribution is -2.49. The average Bonchev–Trinajstić information content (AvgIpc) is 2.78. The number of unbranched alkanes of at least 4 members (excludes halogenated alkanes) is 1. The number of rotatable bonds is 13. The topological polar surface area (TPSA) is 58.6 Å². The number of carbonyl (C=O) groups excluding carboxylic acids is 2. The molecular weight excluding hydrogens is 424 g/mol. The number of benzene rings is 2. The second kappa shape index (κ2) is 13.8. The smallest absolute Gasteiger partial charge is 0.242 e. The van der Waals surface area contributed by atoms with Crippen molar-refractivity contribution in [3.8, 4) is 5.75 Å². The van der Waals surface area contributed by atoms with Crippen LogP contribution >= 0.6 is 11.6 Å². The molecule has 32 heavy (non-hydrogen) atoms. The lowest BCUT2D eigenvalue weighted by molar-refractivity contribution is -0.141. The Morgan fingerprint density at radius 2 is 1.84 bits per heavy atom. The zero-order valence-electron chi connectivity index (χ0n) is 19.4. The lowest BCUT2D eigenvalue weighted by atomic mass is 10.1. The van der Waals surface area contributed by atoms with E-state index in [0.717, 1.165) is 29.7 Å². The summed E-state index contributed by atoms with van der Waals surface area (Å²) in [6.45, 7) is 7.53. The predicted molar refractivity (Wildman–Crippen MR) is 130 cm³/mol. The van der Waals surface area contributed by atoms with E-state index in [-0.39, 0.29) is 11.8 Å². The molecule has 2 rings (SSSR count). The minimum Gasteiger partial charge on any atom is -0.494 e. The molecule has 0 radical (unpaired) electrons. The second-order valence-corrected chi connectivity index (χ2v) is 8.42. The normalized spacial score (nSPS) is 11.6. The summed E-state index contributed by atoms with van der Waals surface area (Å²) in [5, 5.41) is 3.65. The van der Waals surface area contributed by atoms with Crippen LogP contribution in [0.2, 0.25) is 5.02 Å². The summed E-state index contributed by atoms with van der Waals surface area (Å²) in [6.07, 6.45) is 3.39. The first-order valence-corrected chi connectivity index (χ1v) is 11.8. The first-order chi connectivity index (χ1) is 15.4. The quantitative estimate of drug-likeness (QED) is 0.401. The van der Waals surface area contributed by atoms with Crippen LogP contribution in [0.5, 0.6) is 5.75 Å². The Bertz CT molecular complexity index is 854.